The molecule has 18 heavy (non-hydrogen) atoms. The Kier molecular flexibility index (Phi) is 2.48. The normalized spacial score (nSPS) is 27.8. The summed E-state index contributed by atoms with van der Waals surface area (Å²) in [4.78, 5) is 12.4. The van der Waals surface area contributed by atoms with E-state index in [0.717, 1.165) is 10.6 Å². The Bertz CT molecular complexity index is 567. The molecular weight excluding hydrogens is 244 g/mol. The van der Waals surface area contributed by atoms with Gasteiger partial charge < -0.3 is 5.32 Å². The second-order valence-electron chi connectivity index (χ2n) is 5.15. The minimum absolute atomic E-state index is 0.561. The van der Waals surface area contributed by atoms with Gasteiger partial charge in [-0.25, -0.2) is 9.97 Å². The highest BCUT2D eigenvalue weighted by molar-refractivity contribution is 7.16. The zero-order valence-electron chi connectivity index (χ0n) is 10.2. The van der Waals surface area contributed by atoms with E-state index in [9.17, 15) is 0 Å². The maximum atomic E-state index is 4.42. The molecule has 2 saturated heterocycles. The van der Waals surface area contributed by atoms with E-state index in [0.29, 0.717) is 12.1 Å². The van der Waals surface area contributed by atoms with E-state index >= 15 is 0 Å². The molecule has 2 unspecified atom stereocenters. The van der Waals surface area contributed by atoms with Crippen LogP contribution in [0.15, 0.2) is 17.8 Å². The number of hydrogen-bond donors (Lipinski definition) is 1. The summed E-state index contributed by atoms with van der Waals surface area (Å²) in [5, 5.41) is 6.91. The van der Waals surface area contributed by atoms with Crippen molar-refractivity contribution in [3.63, 3.8) is 0 Å². The molecule has 0 aromatic carbocycles. The molecule has 1 N–H and O–H groups in total. The van der Waals surface area contributed by atoms with Gasteiger partial charge in [-0.05, 0) is 37.3 Å². The van der Waals surface area contributed by atoms with Crippen molar-refractivity contribution in [2.24, 2.45) is 0 Å². The van der Waals surface area contributed by atoms with Gasteiger partial charge in [0, 0.05) is 18.6 Å². The third kappa shape index (κ3) is 1.61. The summed E-state index contributed by atoms with van der Waals surface area (Å²) in [6.07, 6.45) is 5.58. The first-order valence-corrected chi connectivity index (χ1v) is 7.48. The highest BCUT2D eigenvalue weighted by Crippen LogP contribution is 2.31. The van der Waals surface area contributed by atoms with E-state index in [4.69, 9.17) is 0 Å². The number of nitrogens with one attached hydrogen (secondary N) is 1. The molecule has 4 rings (SSSR count). The molecule has 4 heterocycles. The zero-order chi connectivity index (χ0) is 11.9. The van der Waals surface area contributed by atoms with E-state index in [1.54, 1.807) is 17.7 Å². The van der Waals surface area contributed by atoms with Crippen molar-refractivity contribution in [2.45, 2.75) is 31.3 Å². The van der Waals surface area contributed by atoms with Gasteiger partial charge in [0.1, 0.15) is 17.0 Å². The summed E-state index contributed by atoms with van der Waals surface area (Å²) in [6, 6.07) is 3.39. The first-order valence-electron chi connectivity index (χ1n) is 6.60. The predicted octanol–water partition coefficient (Wildman–Crippen LogP) is 2.34. The number of rotatable bonds is 2. The molecule has 2 atom stereocenters. The fourth-order valence-electron chi connectivity index (χ4n) is 3.33. The van der Waals surface area contributed by atoms with Gasteiger partial charge in [0.25, 0.3) is 0 Å². The van der Waals surface area contributed by atoms with Crippen LogP contribution in [0.25, 0.3) is 10.2 Å². The number of hydrogen-bond acceptors (Lipinski definition) is 5. The second kappa shape index (κ2) is 4.17. The average molecular weight is 260 g/mol. The molecule has 0 aliphatic carbocycles. The molecule has 0 saturated carbocycles. The first-order chi connectivity index (χ1) is 8.92. The fraction of sp³-hybridized carbons (Fsp3) is 0.538. The molecular formula is C13H16N4S. The van der Waals surface area contributed by atoms with Crippen LogP contribution in [0.2, 0.25) is 0 Å². The molecule has 2 aliphatic rings. The lowest BCUT2D eigenvalue weighted by atomic mass is 10.1. The molecule has 2 fully saturated rings. The lowest BCUT2D eigenvalue weighted by Crippen LogP contribution is -2.34. The maximum absolute atomic E-state index is 4.42. The predicted molar refractivity (Wildman–Crippen MR) is 74.0 cm³/mol. The number of aromatic nitrogens is 2. The fourth-order valence-corrected chi connectivity index (χ4v) is 4.06. The first kappa shape index (κ1) is 10.7. The molecule has 2 aliphatic heterocycles. The third-order valence-electron chi connectivity index (χ3n) is 4.19. The summed E-state index contributed by atoms with van der Waals surface area (Å²) in [5.74, 6) is 1.01. The van der Waals surface area contributed by atoms with Crippen LogP contribution in [0.5, 0.6) is 0 Å². The summed E-state index contributed by atoms with van der Waals surface area (Å²) < 4.78 is 0. The van der Waals surface area contributed by atoms with Crippen molar-refractivity contribution in [1.29, 1.82) is 0 Å². The summed E-state index contributed by atoms with van der Waals surface area (Å²) in [6.45, 7) is 2.51. The van der Waals surface area contributed by atoms with E-state index < -0.39 is 0 Å². The van der Waals surface area contributed by atoms with Crippen LogP contribution in [-0.2, 0) is 0 Å². The third-order valence-corrected chi connectivity index (χ3v) is 5.01. The van der Waals surface area contributed by atoms with E-state index in [1.165, 1.54) is 37.7 Å². The van der Waals surface area contributed by atoms with Crippen LogP contribution in [0.1, 0.15) is 19.3 Å². The summed E-state index contributed by atoms with van der Waals surface area (Å²) in [5.41, 5.74) is 0. The largest absolute Gasteiger partial charge is 0.365 e. The number of thiophene rings is 1. The summed E-state index contributed by atoms with van der Waals surface area (Å²) in [7, 11) is 0. The Hall–Kier alpha value is -1.20. The Labute approximate surface area is 110 Å². The van der Waals surface area contributed by atoms with Gasteiger partial charge in [0.15, 0.2) is 0 Å². The molecule has 5 heteroatoms. The number of anilines is 1. The monoisotopic (exact) mass is 260 g/mol. The topological polar surface area (TPSA) is 41.1 Å². The van der Waals surface area contributed by atoms with Crippen molar-refractivity contribution in [3.05, 3.63) is 17.8 Å². The van der Waals surface area contributed by atoms with E-state index in [-0.39, 0.29) is 0 Å². The van der Waals surface area contributed by atoms with E-state index in [1.807, 2.05) is 0 Å². The van der Waals surface area contributed by atoms with Crippen molar-refractivity contribution >= 4 is 27.4 Å². The molecule has 0 radical (unpaired) electrons. The lowest BCUT2D eigenvalue weighted by molar-refractivity contribution is 0.318. The molecule has 2 aromatic rings. The van der Waals surface area contributed by atoms with Gasteiger partial charge in [-0.1, -0.05) is 0 Å². The molecule has 0 bridgehead atoms. The Balaban J connectivity index is 1.62. The van der Waals surface area contributed by atoms with Crippen LogP contribution in [0, 0.1) is 0 Å². The minimum atomic E-state index is 0.561. The van der Waals surface area contributed by atoms with Gasteiger partial charge in [0.05, 0.1) is 5.39 Å². The highest BCUT2D eigenvalue weighted by atomic mass is 32.1. The van der Waals surface area contributed by atoms with Crippen LogP contribution >= 0.6 is 11.3 Å². The van der Waals surface area contributed by atoms with Gasteiger partial charge >= 0.3 is 0 Å². The maximum Gasteiger partial charge on any atom is 0.138 e. The smallest absolute Gasteiger partial charge is 0.138 e. The van der Waals surface area contributed by atoms with Gasteiger partial charge in [-0.2, -0.15) is 0 Å². The SMILES string of the molecule is c1nc(NC2CCN3CCCC23)c2ccsc2n1. The molecule has 2 aromatic heterocycles. The number of fused-ring (bicyclic) bond motifs is 2. The number of nitrogens with zero attached hydrogens (tertiary/aromatic N) is 3. The van der Waals surface area contributed by atoms with Crippen LogP contribution in [-0.4, -0.2) is 40.0 Å². The molecule has 4 nitrogen and oxygen atoms in total. The molecule has 0 spiro atoms. The minimum Gasteiger partial charge on any atom is -0.365 e. The van der Waals surface area contributed by atoms with Crippen molar-refractivity contribution < 1.29 is 0 Å². The van der Waals surface area contributed by atoms with Crippen molar-refractivity contribution in [3.8, 4) is 0 Å². The van der Waals surface area contributed by atoms with Crippen LogP contribution in [0.3, 0.4) is 0 Å². The molecule has 94 valence electrons. The molecule has 0 amide bonds. The summed E-state index contributed by atoms with van der Waals surface area (Å²) >= 11 is 1.68. The van der Waals surface area contributed by atoms with Crippen molar-refractivity contribution in [2.75, 3.05) is 18.4 Å². The second-order valence-corrected chi connectivity index (χ2v) is 6.04. The quantitative estimate of drug-likeness (QED) is 0.900. The zero-order valence-corrected chi connectivity index (χ0v) is 11.0. The van der Waals surface area contributed by atoms with Gasteiger partial charge in [0.2, 0.25) is 0 Å². The highest BCUT2D eigenvalue weighted by Gasteiger charge is 2.37. The van der Waals surface area contributed by atoms with E-state index in [2.05, 4.69) is 31.6 Å². The standard InChI is InChI=1S/C13H16N4S/c1-2-11-10(3-6-17(11)5-1)16-12-9-4-7-18-13(9)15-8-14-12/h4,7-8,10-11H,1-3,5-6H2,(H,14,15,16). The van der Waals surface area contributed by atoms with Gasteiger partial charge in [-0.3, -0.25) is 4.90 Å². The van der Waals surface area contributed by atoms with Crippen LogP contribution < -0.4 is 5.32 Å². The Morgan fingerprint density at radius 2 is 2.28 bits per heavy atom. The van der Waals surface area contributed by atoms with Crippen molar-refractivity contribution in [1.82, 2.24) is 14.9 Å². The van der Waals surface area contributed by atoms with Gasteiger partial charge in [-0.15, -0.1) is 11.3 Å². The average Bonchev–Trinajstić information content (AvgIpc) is 3.06. The lowest BCUT2D eigenvalue weighted by Gasteiger charge is -2.21. The van der Waals surface area contributed by atoms with Crippen LogP contribution in [0.4, 0.5) is 5.82 Å². The Morgan fingerprint density at radius 3 is 3.28 bits per heavy atom. The Morgan fingerprint density at radius 1 is 1.28 bits per heavy atom.